The molecular weight excluding hydrogens is 244 g/mol. The lowest BCUT2D eigenvalue weighted by Gasteiger charge is -2.18. The van der Waals surface area contributed by atoms with Crippen molar-refractivity contribution in [2.75, 3.05) is 27.2 Å². The molecule has 5 nitrogen and oxygen atoms in total. The molecule has 0 bridgehead atoms. The molecule has 1 amide bonds. The van der Waals surface area contributed by atoms with Crippen LogP contribution < -0.4 is 5.32 Å². The lowest BCUT2D eigenvalue weighted by Crippen LogP contribution is -2.38. The van der Waals surface area contributed by atoms with Gasteiger partial charge in [0.05, 0.1) is 13.2 Å². The van der Waals surface area contributed by atoms with Gasteiger partial charge in [0, 0.05) is 14.1 Å². The minimum absolute atomic E-state index is 0.0887. The van der Waals surface area contributed by atoms with Gasteiger partial charge in [-0.2, -0.15) is 0 Å². The average Bonchev–Trinajstić information content (AvgIpc) is 2.40. The quantitative estimate of drug-likeness (QED) is 0.778. The highest BCUT2D eigenvalue weighted by atomic mass is 16.5. The molecule has 1 aromatic carbocycles. The topological polar surface area (TPSA) is 58.6 Å². The molecule has 1 rings (SSSR count). The summed E-state index contributed by atoms with van der Waals surface area (Å²) in [5.41, 5.74) is 0.785. The molecule has 104 valence electrons. The molecule has 1 atom stereocenters. The number of ether oxygens (including phenoxy) is 1. The maximum absolute atomic E-state index is 11.9. The highest BCUT2D eigenvalue weighted by Gasteiger charge is 2.22. The smallest absolute Gasteiger partial charge is 0.327 e. The van der Waals surface area contributed by atoms with E-state index >= 15 is 0 Å². The Labute approximate surface area is 113 Å². The Balaban J connectivity index is 2.76. The van der Waals surface area contributed by atoms with Crippen LogP contribution in [0, 0.1) is 0 Å². The van der Waals surface area contributed by atoms with Crippen LogP contribution in [-0.2, 0) is 14.3 Å². The number of nitrogens with zero attached hydrogens (tertiary/aromatic N) is 1. The molecule has 0 heterocycles. The van der Waals surface area contributed by atoms with Gasteiger partial charge >= 0.3 is 5.97 Å². The van der Waals surface area contributed by atoms with Crippen LogP contribution in [0.1, 0.15) is 18.5 Å². The highest BCUT2D eigenvalue weighted by Crippen LogP contribution is 2.14. The van der Waals surface area contributed by atoms with Crippen LogP contribution in [0.5, 0.6) is 0 Å². The predicted octanol–water partition coefficient (Wildman–Crippen LogP) is 0.969. The molecule has 0 saturated heterocycles. The van der Waals surface area contributed by atoms with Crippen molar-refractivity contribution >= 4 is 11.9 Å². The molecule has 0 radical (unpaired) electrons. The van der Waals surface area contributed by atoms with Gasteiger partial charge in [-0.1, -0.05) is 30.3 Å². The summed E-state index contributed by atoms with van der Waals surface area (Å²) in [6.07, 6.45) is 0. The van der Waals surface area contributed by atoms with Gasteiger partial charge in [-0.25, -0.2) is 4.79 Å². The van der Waals surface area contributed by atoms with Crippen LogP contribution in [0.2, 0.25) is 0 Å². The van der Waals surface area contributed by atoms with Crippen molar-refractivity contribution in [3.63, 3.8) is 0 Å². The van der Waals surface area contributed by atoms with Crippen molar-refractivity contribution in [1.29, 1.82) is 0 Å². The summed E-state index contributed by atoms with van der Waals surface area (Å²) in [7, 11) is 3.35. The van der Waals surface area contributed by atoms with E-state index in [-0.39, 0.29) is 18.4 Å². The van der Waals surface area contributed by atoms with E-state index in [0.717, 1.165) is 5.56 Å². The number of rotatable bonds is 6. The molecule has 0 spiro atoms. The van der Waals surface area contributed by atoms with Crippen molar-refractivity contribution in [2.45, 2.75) is 13.0 Å². The second kappa shape index (κ2) is 7.53. The first-order valence-electron chi connectivity index (χ1n) is 6.21. The highest BCUT2D eigenvalue weighted by molar-refractivity contribution is 5.81. The van der Waals surface area contributed by atoms with Crippen LogP contribution in [0.4, 0.5) is 0 Å². The number of benzene rings is 1. The van der Waals surface area contributed by atoms with Gasteiger partial charge < -0.3 is 9.64 Å². The first-order chi connectivity index (χ1) is 9.06. The van der Waals surface area contributed by atoms with Crippen molar-refractivity contribution in [3.8, 4) is 0 Å². The van der Waals surface area contributed by atoms with Gasteiger partial charge in [-0.15, -0.1) is 0 Å². The number of likely N-dealkylation sites (N-methyl/N-ethyl adjacent to an activating group) is 1. The second-order valence-electron chi connectivity index (χ2n) is 4.26. The predicted molar refractivity (Wildman–Crippen MR) is 72.5 cm³/mol. The number of amides is 1. The summed E-state index contributed by atoms with van der Waals surface area (Å²) in [5, 5.41) is 2.94. The van der Waals surface area contributed by atoms with Crippen LogP contribution in [0.3, 0.4) is 0 Å². The van der Waals surface area contributed by atoms with Crippen LogP contribution >= 0.6 is 0 Å². The lowest BCUT2D eigenvalue weighted by molar-refractivity contribution is -0.146. The van der Waals surface area contributed by atoms with Gasteiger partial charge in [0.1, 0.15) is 6.04 Å². The molecule has 0 aliphatic heterocycles. The third-order valence-corrected chi connectivity index (χ3v) is 2.61. The number of carbonyl (C=O) groups excluding carboxylic acids is 2. The summed E-state index contributed by atoms with van der Waals surface area (Å²) in [6.45, 7) is 2.15. The second-order valence-corrected chi connectivity index (χ2v) is 4.26. The van der Waals surface area contributed by atoms with E-state index in [9.17, 15) is 9.59 Å². The zero-order valence-electron chi connectivity index (χ0n) is 11.6. The molecule has 1 aromatic rings. The van der Waals surface area contributed by atoms with Crippen LogP contribution in [0.25, 0.3) is 0 Å². The summed E-state index contributed by atoms with van der Waals surface area (Å²) in [4.78, 5) is 25.0. The largest absolute Gasteiger partial charge is 0.465 e. The van der Waals surface area contributed by atoms with E-state index in [1.54, 1.807) is 21.0 Å². The van der Waals surface area contributed by atoms with Gasteiger partial charge in [-0.05, 0) is 12.5 Å². The van der Waals surface area contributed by atoms with Gasteiger partial charge in [0.2, 0.25) is 5.91 Å². The number of hydrogen-bond acceptors (Lipinski definition) is 4. The van der Waals surface area contributed by atoms with Crippen molar-refractivity contribution in [2.24, 2.45) is 0 Å². The van der Waals surface area contributed by atoms with E-state index in [1.165, 1.54) is 4.90 Å². The molecule has 0 fully saturated rings. The minimum Gasteiger partial charge on any atom is -0.465 e. The molecule has 0 aliphatic carbocycles. The first-order valence-corrected chi connectivity index (χ1v) is 6.21. The van der Waals surface area contributed by atoms with Gasteiger partial charge in [-0.3, -0.25) is 10.1 Å². The maximum atomic E-state index is 11.9. The van der Waals surface area contributed by atoms with E-state index in [1.807, 2.05) is 30.3 Å². The van der Waals surface area contributed by atoms with Gasteiger partial charge in [0.15, 0.2) is 0 Å². The SMILES string of the molecule is CCOC(=O)C(NCC(=O)N(C)C)c1ccccc1. The normalized spacial score (nSPS) is 11.7. The number of esters is 1. The maximum Gasteiger partial charge on any atom is 0.327 e. The number of nitrogens with one attached hydrogen (secondary N) is 1. The third kappa shape index (κ3) is 4.71. The number of hydrogen-bond donors (Lipinski definition) is 1. The van der Waals surface area contributed by atoms with E-state index in [0.29, 0.717) is 6.61 Å². The first kappa shape index (κ1) is 15.2. The summed E-state index contributed by atoms with van der Waals surface area (Å²) >= 11 is 0. The molecule has 5 heteroatoms. The van der Waals surface area contributed by atoms with Crippen molar-refractivity contribution in [1.82, 2.24) is 10.2 Å². The Hall–Kier alpha value is -1.88. The van der Waals surface area contributed by atoms with E-state index in [4.69, 9.17) is 4.74 Å². The average molecular weight is 264 g/mol. The Morgan fingerprint density at radius 3 is 2.42 bits per heavy atom. The van der Waals surface area contributed by atoms with Crippen LogP contribution in [0.15, 0.2) is 30.3 Å². The summed E-state index contributed by atoms with van der Waals surface area (Å²) < 4.78 is 5.02. The molecular formula is C14H20N2O3. The Morgan fingerprint density at radius 1 is 1.26 bits per heavy atom. The zero-order valence-corrected chi connectivity index (χ0v) is 11.6. The fourth-order valence-electron chi connectivity index (χ4n) is 1.56. The Morgan fingerprint density at radius 2 is 1.89 bits per heavy atom. The number of carbonyl (C=O) groups is 2. The molecule has 0 aliphatic rings. The monoisotopic (exact) mass is 264 g/mol. The summed E-state index contributed by atoms with van der Waals surface area (Å²) in [6, 6.07) is 8.60. The molecule has 1 N–H and O–H groups in total. The Kier molecular flexibility index (Phi) is 6.02. The van der Waals surface area contributed by atoms with Crippen molar-refractivity contribution in [3.05, 3.63) is 35.9 Å². The van der Waals surface area contributed by atoms with E-state index in [2.05, 4.69) is 5.32 Å². The summed E-state index contributed by atoms with van der Waals surface area (Å²) in [5.74, 6) is -0.467. The molecule has 0 saturated carbocycles. The Bertz CT molecular complexity index is 418. The van der Waals surface area contributed by atoms with Crippen molar-refractivity contribution < 1.29 is 14.3 Å². The third-order valence-electron chi connectivity index (χ3n) is 2.61. The minimum atomic E-state index is -0.620. The fraction of sp³-hybridized carbons (Fsp3) is 0.429. The van der Waals surface area contributed by atoms with Gasteiger partial charge in [0.25, 0.3) is 0 Å². The molecule has 0 aromatic heterocycles. The fourth-order valence-corrected chi connectivity index (χ4v) is 1.56. The molecule has 19 heavy (non-hydrogen) atoms. The van der Waals surface area contributed by atoms with E-state index < -0.39 is 6.04 Å². The zero-order chi connectivity index (χ0) is 14.3. The standard InChI is InChI=1S/C14H20N2O3/c1-4-19-14(18)13(11-8-6-5-7-9-11)15-10-12(17)16(2)3/h5-9,13,15H,4,10H2,1-3H3. The molecule has 1 unspecified atom stereocenters. The lowest BCUT2D eigenvalue weighted by atomic mass is 10.1. The van der Waals surface area contributed by atoms with Crippen LogP contribution in [-0.4, -0.2) is 44.0 Å².